The Balaban J connectivity index is 0. The van der Waals surface area contributed by atoms with Gasteiger partial charge in [-0.3, -0.25) is 9.59 Å². The predicted octanol–water partition coefficient (Wildman–Crippen LogP) is -2.61. The number of amides is 2. The minimum Gasteiger partial charge on any atom is -0.790 e. The summed E-state index contributed by atoms with van der Waals surface area (Å²) in [5, 5.41) is 14.7. The van der Waals surface area contributed by atoms with Crippen molar-refractivity contribution in [1.82, 2.24) is 10.6 Å². The van der Waals surface area contributed by atoms with Crippen LogP contribution in [0.3, 0.4) is 0 Å². The van der Waals surface area contributed by atoms with Crippen LogP contribution in [0.4, 0.5) is 0 Å². The maximum Gasteiger partial charge on any atom is 2.00 e. The van der Waals surface area contributed by atoms with E-state index in [9.17, 15) is 29.0 Å². The van der Waals surface area contributed by atoms with E-state index in [4.69, 9.17) is 0 Å². The molecule has 23 heavy (non-hydrogen) atoms. The van der Waals surface area contributed by atoms with Crippen molar-refractivity contribution in [3.05, 3.63) is 0 Å². The molecule has 130 valence electrons. The molecule has 0 aliphatic carbocycles. The summed E-state index contributed by atoms with van der Waals surface area (Å²) in [6.45, 7) is 2.52. The summed E-state index contributed by atoms with van der Waals surface area (Å²) >= 11 is 3.92. The van der Waals surface area contributed by atoms with Gasteiger partial charge in [0, 0.05) is 30.7 Å². The van der Waals surface area contributed by atoms with E-state index in [2.05, 4.69) is 27.8 Å². The van der Waals surface area contributed by atoms with Crippen molar-refractivity contribution in [3.63, 3.8) is 0 Å². The predicted molar refractivity (Wildman–Crippen MR) is 83.6 cm³/mol. The average molecular weight is 494 g/mol. The average Bonchev–Trinajstić information content (AvgIpc) is 2.41. The van der Waals surface area contributed by atoms with Crippen LogP contribution in [0.5, 0.6) is 0 Å². The summed E-state index contributed by atoms with van der Waals surface area (Å²) in [5.41, 5.74) is -1.29. The molecule has 0 fully saturated rings. The smallest absolute Gasteiger partial charge is 0.790 e. The molecule has 0 aliphatic heterocycles. The number of nitrogens with one attached hydrogen (secondary N) is 2. The van der Waals surface area contributed by atoms with Gasteiger partial charge in [-0.15, -0.1) is 0 Å². The minimum absolute atomic E-state index is 0. The van der Waals surface area contributed by atoms with Gasteiger partial charge >= 0.3 is 48.9 Å². The van der Waals surface area contributed by atoms with Crippen LogP contribution >= 0.6 is 20.5 Å². The van der Waals surface area contributed by atoms with Crippen LogP contribution in [0.1, 0.15) is 20.3 Å². The number of hydrogen-bond acceptors (Lipinski definition) is 8. The third-order valence-electron chi connectivity index (χ3n) is 2.67. The first-order valence-corrected chi connectivity index (χ1v) is 8.59. The Bertz CT molecular complexity index is 433. The largest absolute Gasteiger partial charge is 2.00 e. The van der Waals surface area contributed by atoms with Gasteiger partial charge in [0.1, 0.15) is 6.10 Å². The zero-order chi connectivity index (χ0) is 17.4. The van der Waals surface area contributed by atoms with Gasteiger partial charge in [0.25, 0.3) is 0 Å². The summed E-state index contributed by atoms with van der Waals surface area (Å²) in [6, 6.07) is 0. The monoisotopic (exact) mass is 494 g/mol. The second-order valence-corrected chi connectivity index (χ2v) is 6.83. The topological polar surface area (TPSA) is 151 Å². The summed E-state index contributed by atoms with van der Waals surface area (Å²) in [5.74, 6) is -0.568. The van der Waals surface area contributed by atoms with E-state index in [1.807, 2.05) is 0 Å². The Kier molecular flexibility index (Phi) is 14.0. The van der Waals surface area contributed by atoms with E-state index in [1.165, 1.54) is 13.8 Å². The zero-order valence-corrected chi connectivity index (χ0v) is 19.3. The molecule has 0 unspecified atom stereocenters. The molecule has 0 aromatic carbocycles. The number of carbonyl (C=O) groups excluding carboxylic acids is 2. The molecule has 0 radical (unpaired) electrons. The maximum atomic E-state index is 11.7. The third-order valence-corrected chi connectivity index (χ3v) is 3.34. The van der Waals surface area contributed by atoms with E-state index in [-0.39, 0.29) is 67.8 Å². The van der Waals surface area contributed by atoms with Gasteiger partial charge in [-0.05, 0) is 0 Å². The van der Waals surface area contributed by atoms with Crippen LogP contribution in [-0.2, 0) is 18.7 Å². The van der Waals surface area contributed by atoms with E-state index < -0.39 is 31.9 Å². The second kappa shape index (κ2) is 12.3. The van der Waals surface area contributed by atoms with Crippen molar-refractivity contribution in [1.29, 1.82) is 0 Å². The fraction of sp³-hybridized carbons (Fsp3) is 0.818. The van der Waals surface area contributed by atoms with Crippen LogP contribution in [-0.4, -0.2) is 97.4 Å². The molecule has 0 heterocycles. The number of phosphoric ester groups is 1. The molecule has 0 aliphatic rings. The Morgan fingerprint density at radius 2 is 1.87 bits per heavy atom. The van der Waals surface area contributed by atoms with Crippen LogP contribution in [0.25, 0.3) is 0 Å². The van der Waals surface area contributed by atoms with Crippen molar-refractivity contribution in [3.8, 4) is 0 Å². The van der Waals surface area contributed by atoms with Gasteiger partial charge in [0.15, 0.2) is 0 Å². The molecule has 0 saturated carbocycles. The quantitative estimate of drug-likeness (QED) is 0.148. The molecule has 3 N–H and O–H groups in total. The van der Waals surface area contributed by atoms with E-state index in [1.54, 1.807) is 0 Å². The van der Waals surface area contributed by atoms with Gasteiger partial charge in [0.05, 0.1) is 14.4 Å². The number of thiol groups is 1. The number of aliphatic hydroxyl groups is 1. The van der Waals surface area contributed by atoms with Crippen LogP contribution in [0.2, 0.25) is 0 Å². The van der Waals surface area contributed by atoms with Crippen molar-refractivity contribution < 1.29 is 33.6 Å². The van der Waals surface area contributed by atoms with Gasteiger partial charge in [-0.1, -0.05) is 13.8 Å². The molecular formula is C11H21BaN2O7PS. The molecule has 1 atom stereocenters. The molecule has 9 nitrogen and oxygen atoms in total. The maximum absolute atomic E-state index is 11.7. The number of aliphatic hydroxyl groups excluding tert-OH is 1. The third kappa shape index (κ3) is 12.9. The summed E-state index contributed by atoms with van der Waals surface area (Å²) in [6.07, 6.45) is -1.57. The number of phosphoric acid groups is 1. The molecule has 12 heteroatoms. The van der Waals surface area contributed by atoms with Gasteiger partial charge < -0.3 is 34.6 Å². The molecule has 0 rings (SSSR count). The molecule has 0 saturated heterocycles. The standard InChI is InChI=1S/C11H23N2O7PS.Ba/c1-11(2,7-20-21(17,18)19)9(15)10(16)13-4-3-8(14)12-5-6-22;/h9,15,22H,3-7H2,1-2H3,(H,12,14)(H,13,16)(H2,17,18,19);/q;+2/p-2/t9-;/m0./s1. The molecule has 0 aromatic rings. The van der Waals surface area contributed by atoms with Gasteiger partial charge in [-0.2, -0.15) is 12.6 Å². The number of hydrogen-bond donors (Lipinski definition) is 4. The van der Waals surface area contributed by atoms with Crippen molar-refractivity contribution in [2.45, 2.75) is 26.4 Å². The van der Waals surface area contributed by atoms with Gasteiger partial charge in [-0.25, -0.2) is 0 Å². The Morgan fingerprint density at radius 3 is 2.35 bits per heavy atom. The number of rotatable bonds is 10. The van der Waals surface area contributed by atoms with E-state index in [0.29, 0.717) is 12.3 Å². The molecule has 0 aromatic heterocycles. The SMILES string of the molecule is CC(C)(COP(=O)([O-])[O-])[C@@H](O)C(=O)NCCC(=O)NCCS.[Ba+2]. The van der Waals surface area contributed by atoms with E-state index >= 15 is 0 Å². The fourth-order valence-electron chi connectivity index (χ4n) is 1.36. The molecule has 2 amide bonds. The second-order valence-electron chi connectivity index (χ2n) is 5.23. The van der Waals surface area contributed by atoms with Crippen molar-refractivity contribution >= 4 is 81.1 Å². The fourth-order valence-corrected chi connectivity index (χ4v) is 1.96. The van der Waals surface area contributed by atoms with Crippen molar-refractivity contribution in [2.75, 3.05) is 25.4 Å². The number of carbonyl (C=O) groups is 2. The van der Waals surface area contributed by atoms with Crippen LogP contribution < -0.4 is 20.4 Å². The Hall–Kier alpha value is 0.931. The van der Waals surface area contributed by atoms with E-state index in [0.717, 1.165) is 0 Å². The van der Waals surface area contributed by atoms with Crippen LogP contribution in [0, 0.1) is 5.41 Å². The molecular weight excluding hydrogens is 472 g/mol. The summed E-state index contributed by atoms with van der Waals surface area (Å²) in [4.78, 5) is 43.9. The van der Waals surface area contributed by atoms with Crippen molar-refractivity contribution in [2.24, 2.45) is 5.41 Å². The zero-order valence-electron chi connectivity index (χ0n) is 13.1. The Labute approximate surface area is 181 Å². The normalized spacial score (nSPS) is 13.0. The first-order chi connectivity index (χ1) is 9.99. The summed E-state index contributed by atoms with van der Waals surface area (Å²) < 4.78 is 14.5. The Morgan fingerprint density at radius 1 is 1.30 bits per heavy atom. The first-order valence-electron chi connectivity index (χ1n) is 6.49. The van der Waals surface area contributed by atoms with Gasteiger partial charge in [0.2, 0.25) is 11.8 Å². The first kappa shape index (κ1) is 26.2. The summed E-state index contributed by atoms with van der Waals surface area (Å²) in [7, 11) is -5.18. The molecule has 0 bridgehead atoms. The van der Waals surface area contributed by atoms with Crippen LogP contribution in [0.15, 0.2) is 0 Å². The molecule has 0 spiro atoms. The minimum atomic E-state index is -5.18.